The van der Waals surface area contributed by atoms with Crippen molar-refractivity contribution in [3.05, 3.63) is 0 Å². The summed E-state index contributed by atoms with van der Waals surface area (Å²) >= 11 is 0. The summed E-state index contributed by atoms with van der Waals surface area (Å²) in [5, 5.41) is 0. The Kier molecular flexibility index (Phi) is 3.77. The number of carbonyl (C=O) groups excluding carboxylic acids is 2. The maximum absolute atomic E-state index is 11.5. The lowest BCUT2D eigenvalue weighted by Gasteiger charge is -2.15. The summed E-state index contributed by atoms with van der Waals surface area (Å²) < 4.78 is 62.4. The summed E-state index contributed by atoms with van der Waals surface area (Å²) in [5.74, 6) is -2.03. The summed E-state index contributed by atoms with van der Waals surface area (Å²) in [4.78, 5) is 22.8. The van der Waals surface area contributed by atoms with Gasteiger partial charge in [0, 0.05) is 22.6 Å². The van der Waals surface area contributed by atoms with E-state index in [1.54, 1.807) is 0 Å². The van der Waals surface area contributed by atoms with Crippen LogP contribution in [-0.2, 0) is 19.1 Å². The first kappa shape index (κ1) is 6.59. The molecule has 0 amide bonds. The molecular weight excluding hydrogens is 210 g/mol. The highest BCUT2D eigenvalue weighted by atomic mass is 16.5. The van der Waals surface area contributed by atoms with Crippen molar-refractivity contribution < 1.29 is 28.7 Å². The van der Waals surface area contributed by atoms with E-state index in [-0.39, 0.29) is 18.1 Å². The molecule has 0 saturated carbocycles. The van der Waals surface area contributed by atoms with Crippen LogP contribution in [0.2, 0.25) is 0 Å². The SMILES string of the molecule is [2H]C([2H])([2H])N(C([2H])([2H])CC(=O)OCC)C([2H])([2H])CC(=O)OCC. The molecule has 16 heavy (non-hydrogen) atoms. The van der Waals surface area contributed by atoms with Crippen LogP contribution in [0, 0.1) is 0 Å². The molecule has 94 valence electrons. The summed E-state index contributed by atoms with van der Waals surface area (Å²) in [6.45, 7) is -6.09. The second-order valence-electron chi connectivity index (χ2n) is 2.62. The van der Waals surface area contributed by atoms with Gasteiger partial charge in [-0.3, -0.25) is 9.59 Å². The number of carbonyl (C=O) groups is 2. The average Bonchev–Trinajstić information content (AvgIpc) is 2.23. The van der Waals surface area contributed by atoms with Gasteiger partial charge >= 0.3 is 11.9 Å². The maximum Gasteiger partial charge on any atom is 0.307 e. The molecule has 0 aliphatic heterocycles. The van der Waals surface area contributed by atoms with Gasteiger partial charge in [-0.05, 0) is 20.8 Å². The Hall–Kier alpha value is -1.10. The normalized spacial score (nSPS) is 19.3. The predicted molar refractivity (Wildman–Crippen MR) is 60.0 cm³/mol. The zero-order chi connectivity index (χ0) is 18.5. The molecule has 0 aromatic carbocycles. The predicted octanol–water partition coefficient (Wildman–Crippen LogP) is 0.825. The highest BCUT2D eigenvalue weighted by Gasteiger charge is 2.07. The van der Waals surface area contributed by atoms with Gasteiger partial charge < -0.3 is 14.4 Å². The monoisotopic (exact) mass is 238 g/mol. The van der Waals surface area contributed by atoms with E-state index in [4.69, 9.17) is 9.60 Å². The second kappa shape index (κ2) is 9.15. The third-order valence-electron chi connectivity index (χ3n) is 1.37. The van der Waals surface area contributed by atoms with Crippen molar-refractivity contribution in [1.29, 1.82) is 0 Å². The largest absolute Gasteiger partial charge is 0.466 e. The van der Waals surface area contributed by atoms with Crippen molar-refractivity contribution >= 4 is 11.9 Å². The zero-order valence-corrected chi connectivity index (χ0v) is 9.41. The van der Waals surface area contributed by atoms with Gasteiger partial charge in [-0.15, -0.1) is 0 Å². The van der Waals surface area contributed by atoms with Gasteiger partial charge in [-0.25, -0.2) is 0 Å². The van der Waals surface area contributed by atoms with Crippen molar-refractivity contribution in [3.63, 3.8) is 0 Å². The first-order chi connectivity index (χ1) is 10.3. The van der Waals surface area contributed by atoms with E-state index in [9.17, 15) is 9.59 Å². The fourth-order valence-corrected chi connectivity index (χ4v) is 0.767. The summed E-state index contributed by atoms with van der Waals surface area (Å²) in [6, 6.07) is 0. The van der Waals surface area contributed by atoms with Gasteiger partial charge in [-0.1, -0.05) is 0 Å². The van der Waals surface area contributed by atoms with E-state index < -0.39 is 44.7 Å². The van der Waals surface area contributed by atoms with Crippen LogP contribution in [-0.4, -0.2) is 50.0 Å². The summed E-state index contributed by atoms with van der Waals surface area (Å²) in [6.07, 6.45) is -2.00. The van der Waals surface area contributed by atoms with Crippen LogP contribution in [0.5, 0.6) is 0 Å². The zero-order valence-electron chi connectivity index (χ0n) is 16.4. The van der Waals surface area contributed by atoms with Gasteiger partial charge in [0.15, 0.2) is 0 Å². The molecular formula is C11H21NO4. The van der Waals surface area contributed by atoms with Crippen molar-refractivity contribution in [2.24, 2.45) is 0 Å². The van der Waals surface area contributed by atoms with Crippen molar-refractivity contribution in [1.82, 2.24) is 4.90 Å². The minimum absolute atomic E-state index is 0.0294. The number of esters is 2. The fourth-order valence-electron chi connectivity index (χ4n) is 0.767. The smallest absolute Gasteiger partial charge is 0.307 e. The third kappa shape index (κ3) is 8.23. The number of hydrogen-bond donors (Lipinski definition) is 0. The molecule has 0 unspecified atom stereocenters. The van der Waals surface area contributed by atoms with E-state index in [1.807, 2.05) is 0 Å². The molecule has 0 atom stereocenters. The molecule has 0 aliphatic rings. The Morgan fingerprint density at radius 2 is 1.56 bits per heavy atom. The van der Waals surface area contributed by atoms with E-state index in [2.05, 4.69) is 9.47 Å². The van der Waals surface area contributed by atoms with Crippen molar-refractivity contribution in [3.8, 4) is 0 Å². The van der Waals surface area contributed by atoms with Gasteiger partial charge in [0.05, 0.1) is 26.1 Å². The van der Waals surface area contributed by atoms with E-state index in [0.717, 1.165) is 0 Å². The lowest BCUT2D eigenvalue weighted by molar-refractivity contribution is -0.143. The minimum Gasteiger partial charge on any atom is -0.466 e. The van der Waals surface area contributed by atoms with Crippen LogP contribution in [0.1, 0.15) is 36.3 Å². The minimum atomic E-state index is -3.23. The molecule has 0 aromatic rings. The Bertz CT molecular complexity index is 393. The van der Waals surface area contributed by atoms with Crippen LogP contribution in [0.25, 0.3) is 0 Å². The average molecular weight is 238 g/mol. The quantitative estimate of drug-likeness (QED) is 0.586. The Labute approximate surface area is 107 Å². The lowest BCUT2D eigenvalue weighted by atomic mass is 10.3. The molecule has 5 nitrogen and oxygen atoms in total. The van der Waals surface area contributed by atoms with Gasteiger partial charge in [0.2, 0.25) is 0 Å². The van der Waals surface area contributed by atoms with E-state index >= 15 is 0 Å². The fraction of sp³-hybridized carbons (Fsp3) is 0.818. The Balaban J connectivity index is 5.50. The van der Waals surface area contributed by atoms with Crippen LogP contribution in [0.4, 0.5) is 0 Å². The molecule has 0 bridgehead atoms. The Morgan fingerprint density at radius 1 is 1.12 bits per heavy atom. The van der Waals surface area contributed by atoms with Crippen molar-refractivity contribution in [2.75, 3.05) is 33.2 Å². The van der Waals surface area contributed by atoms with Crippen LogP contribution < -0.4 is 0 Å². The molecule has 0 saturated heterocycles. The lowest BCUT2D eigenvalue weighted by Crippen LogP contribution is -2.25. The van der Waals surface area contributed by atoms with Gasteiger partial charge in [0.25, 0.3) is 0 Å². The second-order valence-corrected chi connectivity index (χ2v) is 2.62. The standard InChI is InChI=1S/C11H21NO4/c1-4-15-10(13)6-8-12(3)9-7-11(14)16-5-2/h4-9H2,1-3H3/i3D3,8D2,9D2. The van der Waals surface area contributed by atoms with Crippen molar-refractivity contribution in [2.45, 2.75) is 26.7 Å². The molecule has 0 spiro atoms. The number of hydrogen-bond acceptors (Lipinski definition) is 5. The molecule has 0 aromatic heterocycles. The third-order valence-corrected chi connectivity index (χ3v) is 1.37. The molecule has 0 aliphatic carbocycles. The first-order valence-electron chi connectivity index (χ1n) is 8.39. The highest BCUT2D eigenvalue weighted by Crippen LogP contribution is 1.94. The van der Waals surface area contributed by atoms with E-state index in [0.29, 0.717) is 0 Å². The molecule has 5 heteroatoms. The molecule has 0 rings (SSSR count). The van der Waals surface area contributed by atoms with Gasteiger partial charge in [-0.2, -0.15) is 0 Å². The molecule has 0 N–H and O–H groups in total. The summed E-state index contributed by atoms with van der Waals surface area (Å²) in [7, 11) is 0. The molecule has 0 heterocycles. The number of ether oxygens (including phenoxy) is 2. The maximum atomic E-state index is 11.5. The van der Waals surface area contributed by atoms with Crippen LogP contribution in [0.3, 0.4) is 0 Å². The molecule has 0 radical (unpaired) electrons. The van der Waals surface area contributed by atoms with Crippen LogP contribution >= 0.6 is 0 Å². The van der Waals surface area contributed by atoms with Gasteiger partial charge in [0.1, 0.15) is 0 Å². The first-order valence-corrected chi connectivity index (χ1v) is 4.89. The number of rotatable bonds is 8. The molecule has 0 fully saturated rings. The van der Waals surface area contributed by atoms with Crippen LogP contribution in [0.15, 0.2) is 0 Å². The highest BCUT2D eigenvalue weighted by molar-refractivity contribution is 5.70. The topological polar surface area (TPSA) is 55.8 Å². The van der Waals surface area contributed by atoms with E-state index in [1.165, 1.54) is 13.8 Å². The number of nitrogens with zero attached hydrogens (tertiary/aromatic N) is 1. The Morgan fingerprint density at radius 3 is 1.88 bits per heavy atom. The summed E-state index contributed by atoms with van der Waals surface area (Å²) in [5.41, 5.74) is 0.